The minimum atomic E-state index is -0.636. The maximum Gasteiger partial charge on any atom is 0.273 e. The van der Waals surface area contributed by atoms with Gasteiger partial charge in [0.15, 0.2) is 0 Å². The molecule has 128 valence electrons. The predicted octanol–water partition coefficient (Wildman–Crippen LogP) is 3.23. The molecule has 1 aromatic heterocycles. The van der Waals surface area contributed by atoms with Gasteiger partial charge in [0.2, 0.25) is 0 Å². The fourth-order valence-corrected chi connectivity index (χ4v) is 3.80. The van der Waals surface area contributed by atoms with E-state index in [-0.39, 0.29) is 12.3 Å². The molecular weight excluding hydrogens is 328 g/mol. The standard InChI is InChI=1S/C17H20N2O4S/c20-15(11-23-16-4-1-3-14(9-16)19(21)22)10-18-7-2-5-17(18)13-6-8-24-12-13/h1,3-4,6,8-9,12,15,17,20H,2,5,7,10-11H2/t15-,17-/m1/s1. The molecule has 2 heterocycles. The Bertz CT molecular complexity index is 677. The molecule has 1 N–H and O–H groups in total. The fraction of sp³-hybridized carbons (Fsp3) is 0.412. The van der Waals surface area contributed by atoms with Crippen LogP contribution in [-0.2, 0) is 0 Å². The molecule has 24 heavy (non-hydrogen) atoms. The maximum atomic E-state index is 10.8. The molecule has 1 aliphatic rings. The quantitative estimate of drug-likeness (QED) is 0.614. The SMILES string of the molecule is O=[N+]([O-])c1cccc(OC[C@H](O)CN2CCC[C@@H]2c2ccsc2)c1. The molecule has 1 saturated heterocycles. The fourth-order valence-electron chi connectivity index (χ4n) is 3.09. The lowest BCUT2D eigenvalue weighted by Crippen LogP contribution is -2.35. The van der Waals surface area contributed by atoms with Gasteiger partial charge >= 0.3 is 0 Å². The molecular formula is C17H20N2O4S. The summed E-state index contributed by atoms with van der Waals surface area (Å²) in [6.07, 6.45) is 1.59. The maximum absolute atomic E-state index is 10.8. The Hall–Kier alpha value is -1.96. The van der Waals surface area contributed by atoms with Crippen LogP contribution in [0.4, 0.5) is 5.69 Å². The summed E-state index contributed by atoms with van der Waals surface area (Å²) >= 11 is 1.69. The summed E-state index contributed by atoms with van der Waals surface area (Å²) in [7, 11) is 0. The number of hydrogen-bond donors (Lipinski definition) is 1. The molecule has 0 saturated carbocycles. The van der Waals surface area contributed by atoms with Crippen LogP contribution in [0, 0.1) is 10.1 Å². The third-order valence-corrected chi connectivity index (χ3v) is 4.91. The lowest BCUT2D eigenvalue weighted by Gasteiger charge is -2.26. The largest absolute Gasteiger partial charge is 0.491 e. The molecule has 3 rings (SSSR count). The molecule has 0 radical (unpaired) electrons. The van der Waals surface area contributed by atoms with Crippen molar-refractivity contribution in [2.75, 3.05) is 19.7 Å². The van der Waals surface area contributed by atoms with Gasteiger partial charge in [-0.05, 0) is 47.8 Å². The van der Waals surface area contributed by atoms with Gasteiger partial charge in [0, 0.05) is 18.7 Å². The molecule has 0 spiro atoms. The van der Waals surface area contributed by atoms with Crippen molar-refractivity contribution in [3.05, 3.63) is 56.8 Å². The zero-order valence-electron chi connectivity index (χ0n) is 13.2. The van der Waals surface area contributed by atoms with Crippen LogP contribution >= 0.6 is 11.3 Å². The van der Waals surface area contributed by atoms with E-state index >= 15 is 0 Å². The molecule has 7 heteroatoms. The van der Waals surface area contributed by atoms with Crippen molar-refractivity contribution in [3.63, 3.8) is 0 Å². The summed E-state index contributed by atoms with van der Waals surface area (Å²) in [4.78, 5) is 12.6. The molecule has 6 nitrogen and oxygen atoms in total. The highest BCUT2D eigenvalue weighted by Gasteiger charge is 2.27. The number of benzene rings is 1. The number of aliphatic hydroxyl groups is 1. The first kappa shape index (κ1) is 16.9. The summed E-state index contributed by atoms with van der Waals surface area (Å²) < 4.78 is 5.52. The Morgan fingerprint density at radius 2 is 2.33 bits per heavy atom. The number of nitro benzene ring substituents is 1. The first-order valence-corrected chi connectivity index (χ1v) is 8.89. The van der Waals surface area contributed by atoms with Crippen LogP contribution in [0.25, 0.3) is 0 Å². The van der Waals surface area contributed by atoms with E-state index in [0.717, 1.165) is 19.4 Å². The third kappa shape index (κ3) is 4.11. The second-order valence-corrected chi connectivity index (χ2v) is 6.71. The van der Waals surface area contributed by atoms with Gasteiger partial charge in [-0.2, -0.15) is 11.3 Å². The van der Waals surface area contributed by atoms with Gasteiger partial charge < -0.3 is 9.84 Å². The van der Waals surface area contributed by atoms with E-state index in [1.807, 2.05) is 0 Å². The molecule has 1 aliphatic heterocycles. The molecule has 0 bridgehead atoms. The zero-order valence-corrected chi connectivity index (χ0v) is 14.0. The number of β-amino-alcohol motifs (C(OH)–C–C–N with tert-alkyl or cyclic N) is 1. The van der Waals surface area contributed by atoms with Crippen molar-refractivity contribution in [3.8, 4) is 5.75 Å². The Labute approximate surface area is 144 Å². The van der Waals surface area contributed by atoms with E-state index in [0.29, 0.717) is 18.3 Å². The van der Waals surface area contributed by atoms with E-state index in [1.54, 1.807) is 23.5 Å². The molecule has 0 amide bonds. The van der Waals surface area contributed by atoms with Crippen molar-refractivity contribution in [2.24, 2.45) is 0 Å². The summed E-state index contributed by atoms with van der Waals surface area (Å²) in [6.45, 7) is 1.62. The number of hydrogen-bond acceptors (Lipinski definition) is 6. The summed E-state index contributed by atoms with van der Waals surface area (Å²) in [5, 5.41) is 25.3. The van der Waals surface area contributed by atoms with Crippen LogP contribution < -0.4 is 4.74 Å². The summed E-state index contributed by atoms with van der Waals surface area (Å²) in [6, 6.07) is 8.52. The van der Waals surface area contributed by atoms with Crippen LogP contribution in [0.3, 0.4) is 0 Å². The summed E-state index contributed by atoms with van der Waals surface area (Å²) in [5.41, 5.74) is 1.29. The molecule has 1 aromatic carbocycles. The van der Waals surface area contributed by atoms with E-state index in [9.17, 15) is 15.2 Å². The Kier molecular flexibility index (Phi) is 5.44. The first-order valence-electron chi connectivity index (χ1n) is 7.95. The topological polar surface area (TPSA) is 75.8 Å². The van der Waals surface area contributed by atoms with E-state index < -0.39 is 11.0 Å². The zero-order chi connectivity index (χ0) is 16.9. The van der Waals surface area contributed by atoms with Gasteiger partial charge in [0.25, 0.3) is 5.69 Å². The number of ether oxygens (including phenoxy) is 1. The lowest BCUT2D eigenvalue weighted by molar-refractivity contribution is -0.384. The van der Waals surface area contributed by atoms with Gasteiger partial charge in [0.05, 0.1) is 11.0 Å². The van der Waals surface area contributed by atoms with Crippen molar-refractivity contribution in [1.29, 1.82) is 0 Å². The van der Waals surface area contributed by atoms with Crippen molar-refractivity contribution < 1.29 is 14.8 Å². The number of rotatable bonds is 7. The average molecular weight is 348 g/mol. The minimum absolute atomic E-state index is 0.0148. The minimum Gasteiger partial charge on any atom is -0.491 e. The van der Waals surface area contributed by atoms with Crippen LogP contribution in [0.1, 0.15) is 24.4 Å². The first-order chi connectivity index (χ1) is 11.6. The molecule has 2 aromatic rings. The van der Waals surface area contributed by atoms with Crippen LogP contribution in [0.2, 0.25) is 0 Å². The number of non-ortho nitro benzene ring substituents is 1. The van der Waals surface area contributed by atoms with Gasteiger partial charge in [0.1, 0.15) is 18.5 Å². The highest BCUT2D eigenvalue weighted by molar-refractivity contribution is 7.07. The average Bonchev–Trinajstić information content (AvgIpc) is 3.24. The van der Waals surface area contributed by atoms with E-state index in [4.69, 9.17) is 4.74 Å². The van der Waals surface area contributed by atoms with Crippen LogP contribution in [0.15, 0.2) is 41.1 Å². The van der Waals surface area contributed by atoms with Crippen molar-refractivity contribution >= 4 is 17.0 Å². The molecule has 2 atom stereocenters. The normalized spacial score (nSPS) is 19.3. The Morgan fingerprint density at radius 3 is 3.08 bits per heavy atom. The lowest BCUT2D eigenvalue weighted by atomic mass is 10.1. The highest BCUT2D eigenvalue weighted by atomic mass is 32.1. The third-order valence-electron chi connectivity index (χ3n) is 4.21. The van der Waals surface area contributed by atoms with Gasteiger partial charge in [-0.1, -0.05) is 6.07 Å². The Morgan fingerprint density at radius 1 is 1.46 bits per heavy atom. The second-order valence-electron chi connectivity index (χ2n) is 5.93. The molecule has 0 aliphatic carbocycles. The smallest absolute Gasteiger partial charge is 0.273 e. The van der Waals surface area contributed by atoms with E-state index in [2.05, 4.69) is 21.7 Å². The number of thiophene rings is 1. The number of nitrogens with zero attached hydrogens (tertiary/aromatic N) is 2. The number of nitro groups is 1. The number of likely N-dealkylation sites (tertiary alicyclic amines) is 1. The van der Waals surface area contributed by atoms with Crippen molar-refractivity contribution in [2.45, 2.75) is 25.0 Å². The number of aliphatic hydroxyl groups excluding tert-OH is 1. The molecule has 0 unspecified atom stereocenters. The Balaban J connectivity index is 1.53. The summed E-state index contributed by atoms with van der Waals surface area (Å²) in [5.74, 6) is 0.402. The van der Waals surface area contributed by atoms with Crippen LogP contribution in [0.5, 0.6) is 5.75 Å². The van der Waals surface area contributed by atoms with Crippen LogP contribution in [-0.4, -0.2) is 40.7 Å². The second kappa shape index (κ2) is 7.74. The monoisotopic (exact) mass is 348 g/mol. The molecule has 1 fully saturated rings. The van der Waals surface area contributed by atoms with Gasteiger partial charge in [-0.15, -0.1) is 0 Å². The van der Waals surface area contributed by atoms with Crippen molar-refractivity contribution in [1.82, 2.24) is 4.90 Å². The van der Waals surface area contributed by atoms with Gasteiger partial charge in [-0.3, -0.25) is 15.0 Å². The predicted molar refractivity (Wildman–Crippen MR) is 92.5 cm³/mol. The van der Waals surface area contributed by atoms with Gasteiger partial charge in [-0.25, -0.2) is 0 Å². The highest BCUT2D eigenvalue weighted by Crippen LogP contribution is 2.33. The van der Waals surface area contributed by atoms with E-state index in [1.165, 1.54) is 17.7 Å².